The van der Waals surface area contributed by atoms with Crippen LogP contribution < -0.4 is 4.74 Å². The van der Waals surface area contributed by atoms with Gasteiger partial charge in [0.25, 0.3) is 0 Å². The predicted molar refractivity (Wildman–Crippen MR) is 240 cm³/mol. The molecule has 1 saturated heterocycles. The van der Waals surface area contributed by atoms with Gasteiger partial charge in [-0.15, -0.1) is 0 Å². The Morgan fingerprint density at radius 3 is 1.31 bits per heavy atom. The second-order valence-corrected chi connectivity index (χ2v) is 15.8. The number of phenolic OH excluding ortho intramolecular Hbond substituents is 3. The van der Waals surface area contributed by atoms with Crippen LogP contribution >= 0.6 is 0 Å². The van der Waals surface area contributed by atoms with Gasteiger partial charge in [0, 0.05) is 50.2 Å². The smallest absolute Gasteiger partial charge is 0.204 e. The average molecular weight is 879 g/mol. The minimum atomic E-state index is -1.74. The van der Waals surface area contributed by atoms with Crippen molar-refractivity contribution >= 4 is 46.4 Å². The Morgan fingerprint density at radius 2 is 0.923 bits per heavy atom. The maximum atomic E-state index is 16.8. The van der Waals surface area contributed by atoms with Gasteiger partial charge >= 0.3 is 0 Å². The van der Waals surface area contributed by atoms with Gasteiger partial charge in [0.2, 0.25) is 11.6 Å². The largest absolute Gasteiger partial charge is 0.508 e. The van der Waals surface area contributed by atoms with Crippen LogP contribution in [0.2, 0.25) is 0 Å². The molecule has 0 aliphatic carbocycles. The van der Waals surface area contributed by atoms with Crippen LogP contribution in [0.5, 0.6) is 23.0 Å². The van der Waals surface area contributed by atoms with Gasteiger partial charge in [-0.1, -0.05) is 43.3 Å². The number of nitrogens with one attached hydrogen (secondary N) is 2. The normalized spacial score (nSPS) is 15.7. The van der Waals surface area contributed by atoms with Crippen molar-refractivity contribution in [3.8, 4) is 67.5 Å². The molecule has 10 rings (SSSR count). The number of benzene rings is 4. The lowest BCUT2D eigenvalue weighted by Gasteiger charge is -2.28. The molecule has 6 heterocycles. The number of hydrogen-bond donors (Lipinski definition) is 5. The molecule has 0 amide bonds. The van der Waals surface area contributed by atoms with Gasteiger partial charge in [-0.3, -0.25) is 0 Å². The first-order valence-electron chi connectivity index (χ1n) is 20.8. The fraction of sp³-hybridized carbons (Fsp3) is 0.137. The number of H-pyrrole nitrogens is 2. The molecular formula is C51H38F4N4O6. The van der Waals surface area contributed by atoms with E-state index < -0.39 is 46.8 Å². The summed E-state index contributed by atoms with van der Waals surface area (Å²) in [5.41, 5.74) is 4.50. The minimum absolute atomic E-state index is 0.0292. The van der Waals surface area contributed by atoms with Crippen molar-refractivity contribution in [1.82, 2.24) is 19.9 Å². The summed E-state index contributed by atoms with van der Waals surface area (Å²) in [6.07, 6.45) is 6.83. The summed E-state index contributed by atoms with van der Waals surface area (Å²) < 4.78 is 82.6. The van der Waals surface area contributed by atoms with Crippen molar-refractivity contribution in [2.24, 2.45) is 5.92 Å². The average Bonchev–Trinajstić information content (AvgIpc) is 4.15. The molecule has 0 unspecified atom stereocenters. The van der Waals surface area contributed by atoms with Crippen LogP contribution in [-0.4, -0.2) is 61.4 Å². The Labute approximate surface area is 368 Å². The lowest BCUT2D eigenvalue weighted by molar-refractivity contribution is -0.204. The van der Waals surface area contributed by atoms with Crippen molar-refractivity contribution in [2.75, 3.05) is 19.8 Å². The lowest BCUT2D eigenvalue weighted by atomic mass is 10.0. The summed E-state index contributed by atoms with van der Waals surface area (Å²) in [6.45, 7) is 1.87. The van der Waals surface area contributed by atoms with E-state index >= 15 is 17.6 Å². The van der Waals surface area contributed by atoms with Crippen molar-refractivity contribution < 1.29 is 47.1 Å². The molecule has 14 heteroatoms. The summed E-state index contributed by atoms with van der Waals surface area (Å²) in [5, 5.41) is 31.9. The molecule has 4 aromatic carbocycles. The minimum Gasteiger partial charge on any atom is -0.508 e. The molecule has 326 valence electrons. The quantitative estimate of drug-likeness (QED) is 0.0749. The van der Waals surface area contributed by atoms with Crippen LogP contribution in [0, 0.1) is 29.2 Å². The fourth-order valence-electron chi connectivity index (χ4n) is 8.44. The molecule has 7 aromatic rings. The summed E-state index contributed by atoms with van der Waals surface area (Å²) in [7, 11) is 0. The molecule has 1 fully saturated rings. The molecule has 0 radical (unpaired) electrons. The van der Waals surface area contributed by atoms with Gasteiger partial charge in [-0.05, 0) is 108 Å². The van der Waals surface area contributed by atoms with E-state index in [-0.39, 0.29) is 59.5 Å². The van der Waals surface area contributed by atoms with E-state index in [2.05, 4.69) is 9.97 Å². The maximum absolute atomic E-state index is 16.8. The van der Waals surface area contributed by atoms with Crippen molar-refractivity contribution in [3.63, 3.8) is 0 Å². The Bertz CT molecular complexity index is 3210. The summed E-state index contributed by atoms with van der Waals surface area (Å²) in [5.74, 6) is -8.65. The van der Waals surface area contributed by atoms with Gasteiger partial charge in [-0.2, -0.15) is 8.78 Å². The first-order chi connectivity index (χ1) is 31.5. The van der Waals surface area contributed by atoms with E-state index in [9.17, 15) is 15.3 Å². The molecule has 3 aliphatic rings. The zero-order valence-corrected chi connectivity index (χ0v) is 34.5. The van der Waals surface area contributed by atoms with E-state index in [1.807, 2.05) is 19.1 Å². The second-order valence-electron chi connectivity index (χ2n) is 15.8. The number of ether oxygens (including phenoxy) is 3. The number of nitrogens with zero attached hydrogens (tertiary/aromatic N) is 2. The highest BCUT2D eigenvalue weighted by Crippen LogP contribution is 2.43. The Hall–Kier alpha value is -7.68. The molecule has 65 heavy (non-hydrogen) atoms. The number of fused-ring (bicyclic) bond motifs is 8. The molecule has 0 spiro atoms. The summed E-state index contributed by atoms with van der Waals surface area (Å²) in [6, 6.07) is 26.4. The van der Waals surface area contributed by atoms with Gasteiger partial charge in [0.1, 0.15) is 17.2 Å². The zero-order valence-electron chi connectivity index (χ0n) is 34.5. The van der Waals surface area contributed by atoms with Crippen LogP contribution in [-0.2, 0) is 9.47 Å². The monoisotopic (exact) mass is 878 g/mol. The van der Waals surface area contributed by atoms with Crippen LogP contribution in [0.15, 0.2) is 97.1 Å². The van der Waals surface area contributed by atoms with E-state index in [4.69, 9.17) is 24.2 Å². The van der Waals surface area contributed by atoms with Crippen molar-refractivity contribution in [3.05, 3.63) is 143 Å². The molecule has 3 aliphatic heterocycles. The van der Waals surface area contributed by atoms with Crippen molar-refractivity contribution in [2.45, 2.75) is 19.6 Å². The first-order valence-corrected chi connectivity index (χ1v) is 20.8. The van der Waals surface area contributed by atoms with Crippen LogP contribution in [0.1, 0.15) is 36.1 Å². The van der Waals surface area contributed by atoms with Crippen molar-refractivity contribution in [1.29, 1.82) is 0 Å². The predicted octanol–water partition coefficient (Wildman–Crippen LogP) is 11.8. The SMILES string of the molecule is CCC1OCC(COc2c(F)c(F)c(-c3c4nc(c(-c5cccc(O)c5)c5ccc([nH]5)c(-c5cccc(O)c5)c5nc(c(-c6cccc(O)c6)c6ccc3[nH]6)C=C5)C=C4)c(F)c2F)CO1. The standard InChI is InChI=1S/C51H38F4N4O6/c1-2-41-63-23-26(24-64-41)25-65-51-49(54)47(52)46(48(53)50(51)55)45-39-18-16-37(58-39)43(28-7-4-10-31(61)21-28)35-14-12-33(56-35)42(27-6-3-9-30(60)20-27)34-13-15-36(57-34)44(38-17-19-40(45)59-38)29-8-5-11-32(62)22-29/h3-22,26,41,56,59-62H,2,23-25H2,1H3. The van der Waals surface area contributed by atoms with Crippen LogP contribution in [0.3, 0.4) is 0 Å². The molecule has 8 bridgehead atoms. The topological polar surface area (TPSA) is 146 Å². The number of rotatable bonds is 8. The summed E-state index contributed by atoms with van der Waals surface area (Å²) >= 11 is 0. The van der Waals surface area contributed by atoms with E-state index in [1.165, 1.54) is 36.4 Å². The highest BCUT2D eigenvalue weighted by Gasteiger charge is 2.32. The van der Waals surface area contributed by atoms with Crippen LogP contribution in [0.25, 0.3) is 90.9 Å². The van der Waals surface area contributed by atoms with E-state index in [0.717, 1.165) is 0 Å². The Balaban J connectivity index is 1.29. The van der Waals surface area contributed by atoms with E-state index in [1.54, 1.807) is 72.8 Å². The number of aromatic amines is 2. The highest BCUT2D eigenvalue weighted by molar-refractivity contribution is 6.00. The van der Waals surface area contributed by atoms with Gasteiger partial charge < -0.3 is 39.5 Å². The molecule has 0 saturated carbocycles. The summed E-state index contributed by atoms with van der Waals surface area (Å²) in [4.78, 5) is 16.7. The third kappa shape index (κ3) is 7.66. The number of hydrogen-bond acceptors (Lipinski definition) is 8. The third-order valence-corrected chi connectivity index (χ3v) is 11.5. The number of aromatic nitrogens is 4. The number of phenols is 3. The van der Waals surface area contributed by atoms with Gasteiger partial charge in [0.05, 0.1) is 48.2 Å². The molecule has 3 aromatic heterocycles. The molecule has 5 N–H and O–H groups in total. The van der Waals surface area contributed by atoms with Gasteiger partial charge in [0.15, 0.2) is 23.7 Å². The highest BCUT2D eigenvalue weighted by atomic mass is 19.2. The van der Waals surface area contributed by atoms with Gasteiger partial charge in [-0.25, -0.2) is 18.7 Å². The van der Waals surface area contributed by atoms with E-state index in [0.29, 0.717) is 67.7 Å². The fourth-order valence-corrected chi connectivity index (χ4v) is 8.44. The van der Waals surface area contributed by atoms with Crippen LogP contribution in [0.4, 0.5) is 17.6 Å². The molecular weight excluding hydrogens is 841 g/mol. The number of halogens is 4. The second kappa shape index (κ2) is 16.8. The molecule has 0 atom stereocenters. The lowest BCUT2D eigenvalue weighted by Crippen LogP contribution is -2.34. The number of aromatic hydroxyl groups is 3. The Kier molecular flexibility index (Phi) is 10.7. The first kappa shape index (κ1) is 41.3. The maximum Gasteiger partial charge on any atom is 0.204 e. The third-order valence-electron chi connectivity index (χ3n) is 11.5. The zero-order chi connectivity index (χ0) is 44.9. The molecule has 10 nitrogen and oxygen atoms in total. The Morgan fingerprint density at radius 1 is 0.538 bits per heavy atom.